The third-order valence-electron chi connectivity index (χ3n) is 2.42. The molecule has 1 aromatic rings. The summed E-state index contributed by atoms with van der Waals surface area (Å²) in [6.45, 7) is 4.75. The highest BCUT2D eigenvalue weighted by Crippen LogP contribution is 2.29. The summed E-state index contributed by atoms with van der Waals surface area (Å²) >= 11 is 4.48. The first-order chi connectivity index (χ1) is 7.69. The van der Waals surface area contributed by atoms with Gasteiger partial charge in [0.05, 0.1) is 3.79 Å². The van der Waals surface area contributed by atoms with Crippen molar-refractivity contribution in [2.75, 3.05) is 20.1 Å². The monoisotopic (exact) mass is 376 g/mol. The molecule has 8 heteroatoms. The van der Waals surface area contributed by atoms with Gasteiger partial charge in [0.25, 0.3) is 10.0 Å². The van der Waals surface area contributed by atoms with Crippen molar-refractivity contribution < 1.29 is 8.42 Å². The summed E-state index contributed by atoms with van der Waals surface area (Å²) in [5.41, 5.74) is 5.39. The number of hydrogen-bond donors (Lipinski definition) is 1. The molecule has 0 saturated carbocycles. The molecule has 2 N–H and O–H groups in total. The van der Waals surface area contributed by atoms with Crippen LogP contribution >= 0.6 is 39.7 Å². The molecular weight excluding hydrogens is 360 g/mol. The quantitative estimate of drug-likeness (QED) is 0.857. The molecule has 0 saturated heterocycles. The molecule has 0 aliphatic carbocycles. The van der Waals surface area contributed by atoms with Gasteiger partial charge in [-0.05, 0) is 40.0 Å². The Morgan fingerprint density at radius 3 is 2.39 bits per heavy atom. The molecule has 0 aliphatic rings. The van der Waals surface area contributed by atoms with Gasteiger partial charge in [-0.2, -0.15) is 4.31 Å². The van der Waals surface area contributed by atoms with Gasteiger partial charge in [-0.3, -0.25) is 0 Å². The Hall–Kier alpha value is 0.340. The number of hydrogen-bond acceptors (Lipinski definition) is 4. The highest BCUT2D eigenvalue weighted by molar-refractivity contribution is 9.11. The minimum atomic E-state index is -3.40. The van der Waals surface area contributed by atoms with Gasteiger partial charge in [0.1, 0.15) is 4.21 Å². The molecule has 106 valence electrons. The third kappa shape index (κ3) is 4.47. The van der Waals surface area contributed by atoms with E-state index in [9.17, 15) is 8.42 Å². The van der Waals surface area contributed by atoms with E-state index >= 15 is 0 Å². The zero-order valence-electron chi connectivity index (χ0n) is 10.5. The Morgan fingerprint density at radius 1 is 1.44 bits per heavy atom. The lowest BCUT2D eigenvalue weighted by atomic mass is 9.94. The first-order valence-corrected chi connectivity index (χ1v) is 8.16. The number of sulfonamides is 1. The maximum Gasteiger partial charge on any atom is 0.252 e. The molecule has 0 unspecified atom stereocenters. The van der Waals surface area contributed by atoms with Crippen LogP contribution < -0.4 is 5.73 Å². The molecule has 18 heavy (non-hydrogen) atoms. The smallest absolute Gasteiger partial charge is 0.252 e. The van der Waals surface area contributed by atoms with Crippen molar-refractivity contribution in [3.63, 3.8) is 0 Å². The van der Waals surface area contributed by atoms with Gasteiger partial charge in [-0.15, -0.1) is 23.7 Å². The zero-order valence-corrected chi connectivity index (χ0v) is 14.5. The summed E-state index contributed by atoms with van der Waals surface area (Å²) in [5, 5.41) is 0. The van der Waals surface area contributed by atoms with Crippen LogP contribution in [0.25, 0.3) is 0 Å². The van der Waals surface area contributed by atoms with Gasteiger partial charge in [0, 0.05) is 13.6 Å². The largest absolute Gasteiger partial charge is 0.330 e. The fourth-order valence-electron chi connectivity index (χ4n) is 1.34. The molecule has 0 atom stereocenters. The molecule has 4 nitrogen and oxygen atoms in total. The normalized spacial score (nSPS) is 12.6. The molecule has 1 heterocycles. The summed E-state index contributed by atoms with van der Waals surface area (Å²) < 4.78 is 26.9. The molecule has 0 amide bonds. The van der Waals surface area contributed by atoms with Crippen LogP contribution in [0.15, 0.2) is 20.1 Å². The van der Waals surface area contributed by atoms with Crippen LogP contribution in [-0.2, 0) is 10.0 Å². The number of halogens is 2. The minimum absolute atomic E-state index is 0. The van der Waals surface area contributed by atoms with Crippen molar-refractivity contribution in [2.45, 2.75) is 18.1 Å². The Morgan fingerprint density at radius 2 is 2.00 bits per heavy atom. The van der Waals surface area contributed by atoms with Gasteiger partial charge >= 0.3 is 0 Å². The first-order valence-electron chi connectivity index (χ1n) is 5.11. The van der Waals surface area contributed by atoms with Crippen molar-refractivity contribution >= 4 is 49.7 Å². The summed E-state index contributed by atoms with van der Waals surface area (Å²) in [7, 11) is -1.81. The molecule has 1 aromatic heterocycles. The maximum atomic E-state index is 12.2. The molecular formula is C10H18BrClN2O2S2. The van der Waals surface area contributed by atoms with Crippen molar-refractivity contribution in [1.82, 2.24) is 4.31 Å². The minimum Gasteiger partial charge on any atom is -0.330 e. The Kier molecular flexibility index (Phi) is 6.80. The third-order valence-corrected chi connectivity index (χ3v) is 6.31. The van der Waals surface area contributed by atoms with Gasteiger partial charge in [0.15, 0.2) is 0 Å². The predicted octanol–water partition coefficient (Wildman–Crippen LogP) is 2.54. The molecule has 1 rings (SSSR count). The van der Waals surface area contributed by atoms with Crippen molar-refractivity contribution in [3.8, 4) is 0 Å². The Labute approximate surface area is 127 Å². The van der Waals surface area contributed by atoms with Crippen LogP contribution in [0.1, 0.15) is 13.8 Å². The van der Waals surface area contributed by atoms with Crippen molar-refractivity contribution in [1.29, 1.82) is 0 Å². The van der Waals surface area contributed by atoms with E-state index in [2.05, 4.69) is 15.9 Å². The topological polar surface area (TPSA) is 63.4 Å². The molecule has 0 radical (unpaired) electrons. The summed E-state index contributed by atoms with van der Waals surface area (Å²) in [5.74, 6) is 0. The van der Waals surface area contributed by atoms with Gasteiger partial charge in [-0.25, -0.2) is 8.42 Å². The average molecular weight is 378 g/mol. The average Bonchev–Trinajstić information content (AvgIpc) is 2.64. The molecule has 0 aliphatic heterocycles. The second-order valence-corrected chi connectivity index (χ2v) is 9.42. The van der Waals surface area contributed by atoms with E-state index in [-0.39, 0.29) is 17.8 Å². The fraction of sp³-hybridized carbons (Fsp3) is 0.600. The number of thiophene rings is 1. The molecule has 0 bridgehead atoms. The second kappa shape index (κ2) is 6.67. The summed E-state index contributed by atoms with van der Waals surface area (Å²) in [6.07, 6.45) is 0. The SMILES string of the molecule is CN(CC(C)(C)CN)S(=O)(=O)c1ccc(Br)s1.Cl. The number of nitrogens with zero attached hydrogens (tertiary/aromatic N) is 1. The van der Waals surface area contributed by atoms with Crippen molar-refractivity contribution in [3.05, 3.63) is 15.9 Å². The molecule has 0 aromatic carbocycles. The van der Waals surface area contributed by atoms with Crippen molar-refractivity contribution in [2.24, 2.45) is 11.1 Å². The lowest BCUT2D eigenvalue weighted by Crippen LogP contribution is -2.39. The van der Waals surface area contributed by atoms with E-state index in [1.165, 1.54) is 15.6 Å². The number of rotatable bonds is 5. The highest BCUT2D eigenvalue weighted by Gasteiger charge is 2.28. The van der Waals surface area contributed by atoms with E-state index < -0.39 is 10.0 Å². The van der Waals surface area contributed by atoms with E-state index in [1.807, 2.05) is 13.8 Å². The Balaban J connectivity index is 0.00000289. The van der Waals surface area contributed by atoms with Crippen LogP contribution in [0.4, 0.5) is 0 Å². The van der Waals surface area contributed by atoms with Crippen LogP contribution in [0.3, 0.4) is 0 Å². The van der Waals surface area contributed by atoms with Gasteiger partial charge < -0.3 is 5.73 Å². The Bertz CT molecular complexity index is 488. The van der Waals surface area contributed by atoms with E-state index in [4.69, 9.17) is 5.73 Å². The van der Waals surface area contributed by atoms with Gasteiger partial charge in [-0.1, -0.05) is 13.8 Å². The van der Waals surface area contributed by atoms with Crippen LogP contribution in [0.2, 0.25) is 0 Å². The molecule has 0 fully saturated rings. The first kappa shape index (κ1) is 18.3. The second-order valence-electron chi connectivity index (χ2n) is 4.69. The standard InChI is InChI=1S/C10H17BrN2O2S2.ClH/c1-10(2,6-12)7-13(3)17(14,15)9-5-4-8(11)16-9;/h4-5H,6-7,12H2,1-3H3;1H. The zero-order chi connectivity index (χ0) is 13.3. The van der Waals surface area contributed by atoms with Crippen LogP contribution in [0.5, 0.6) is 0 Å². The van der Waals surface area contributed by atoms with E-state index in [1.54, 1.807) is 19.2 Å². The van der Waals surface area contributed by atoms with Crippen LogP contribution in [0, 0.1) is 5.41 Å². The molecule has 0 spiro atoms. The lowest BCUT2D eigenvalue weighted by Gasteiger charge is -2.28. The predicted molar refractivity (Wildman–Crippen MR) is 81.9 cm³/mol. The summed E-state index contributed by atoms with van der Waals surface area (Å²) in [6, 6.07) is 3.34. The number of nitrogens with two attached hydrogens (primary N) is 1. The lowest BCUT2D eigenvalue weighted by molar-refractivity contribution is 0.292. The van der Waals surface area contributed by atoms with Gasteiger partial charge in [0.2, 0.25) is 0 Å². The fourth-order valence-corrected chi connectivity index (χ4v) is 4.92. The van der Waals surface area contributed by atoms with Crippen LogP contribution in [-0.4, -0.2) is 32.9 Å². The van der Waals surface area contributed by atoms with E-state index in [0.717, 1.165) is 3.79 Å². The summed E-state index contributed by atoms with van der Waals surface area (Å²) in [4.78, 5) is 0. The highest BCUT2D eigenvalue weighted by atomic mass is 79.9. The van der Waals surface area contributed by atoms with E-state index in [0.29, 0.717) is 17.3 Å². The maximum absolute atomic E-state index is 12.2.